The highest BCUT2D eigenvalue weighted by Gasteiger charge is 2.21. The van der Waals surface area contributed by atoms with Gasteiger partial charge in [0.25, 0.3) is 15.9 Å². The number of hydrogen-bond acceptors (Lipinski definition) is 3. The second-order valence-corrected chi connectivity index (χ2v) is 9.44. The van der Waals surface area contributed by atoms with Gasteiger partial charge < -0.3 is 5.32 Å². The third-order valence-electron chi connectivity index (χ3n) is 5.19. The third kappa shape index (κ3) is 4.61. The molecule has 0 bridgehead atoms. The average Bonchev–Trinajstić information content (AvgIpc) is 2.79. The van der Waals surface area contributed by atoms with E-state index < -0.39 is 10.0 Å². The number of benzene rings is 4. The lowest BCUT2D eigenvalue weighted by atomic mass is 10.0. The van der Waals surface area contributed by atoms with Gasteiger partial charge in [-0.25, -0.2) is 8.42 Å². The normalized spacial score (nSPS) is 11.3. The molecule has 4 rings (SSSR count). The Morgan fingerprint density at radius 1 is 0.906 bits per heavy atom. The molecule has 0 spiro atoms. The smallest absolute Gasteiger partial charge is 0.263 e. The van der Waals surface area contributed by atoms with E-state index in [2.05, 4.69) is 10.0 Å². The van der Waals surface area contributed by atoms with Crippen LogP contribution in [0.15, 0.2) is 89.8 Å². The fraction of sp³-hybridized carbons (Fsp3) is 0.0800. The molecule has 0 saturated carbocycles. The summed E-state index contributed by atoms with van der Waals surface area (Å²) in [5.74, 6) is -0.387. The van der Waals surface area contributed by atoms with Crippen LogP contribution in [0.1, 0.15) is 21.5 Å². The highest BCUT2D eigenvalue weighted by molar-refractivity contribution is 7.92. The van der Waals surface area contributed by atoms with Crippen molar-refractivity contribution in [2.75, 3.05) is 4.72 Å². The van der Waals surface area contributed by atoms with E-state index in [9.17, 15) is 13.2 Å². The van der Waals surface area contributed by atoms with E-state index in [1.54, 1.807) is 25.1 Å². The molecule has 4 aromatic carbocycles. The Kier molecular flexibility index (Phi) is 6.17. The van der Waals surface area contributed by atoms with E-state index in [1.807, 2.05) is 48.5 Å². The predicted octanol–water partition coefficient (Wildman–Crippen LogP) is 5.53. The highest BCUT2D eigenvalue weighted by Crippen LogP contribution is 2.26. The number of hydrogen-bond donors (Lipinski definition) is 2. The number of aryl methyl sites for hydroxylation is 1. The van der Waals surface area contributed by atoms with E-state index in [-0.39, 0.29) is 21.4 Å². The molecule has 0 fully saturated rings. The lowest BCUT2D eigenvalue weighted by Crippen LogP contribution is -2.23. The molecule has 0 saturated heterocycles. The van der Waals surface area contributed by atoms with E-state index in [0.717, 1.165) is 21.9 Å². The van der Waals surface area contributed by atoms with Gasteiger partial charge in [-0.3, -0.25) is 9.52 Å². The Morgan fingerprint density at radius 2 is 1.62 bits per heavy atom. The van der Waals surface area contributed by atoms with Crippen LogP contribution in [-0.2, 0) is 16.6 Å². The molecule has 0 unspecified atom stereocenters. The first kappa shape index (κ1) is 21.9. The van der Waals surface area contributed by atoms with Crippen molar-refractivity contribution in [3.63, 3.8) is 0 Å². The molecular formula is C25H21ClN2O3S. The van der Waals surface area contributed by atoms with Crippen LogP contribution in [0.4, 0.5) is 5.69 Å². The number of anilines is 1. The average molecular weight is 465 g/mol. The topological polar surface area (TPSA) is 75.3 Å². The molecule has 0 aliphatic heterocycles. The molecule has 0 aliphatic rings. The van der Waals surface area contributed by atoms with E-state index >= 15 is 0 Å². The summed E-state index contributed by atoms with van der Waals surface area (Å²) in [7, 11) is -3.98. The Hall–Kier alpha value is -3.35. The summed E-state index contributed by atoms with van der Waals surface area (Å²) in [4.78, 5) is 12.6. The molecule has 0 atom stereocenters. The van der Waals surface area contributed by atoms with Crippen LogP contribution in [0, 0.1) is 6.92 Å². The largest absolute Gasteiger partial charge is 0.348 e. The van der Waals surface area contributed by atoms with Crippen molar-refractivity contribution in [3.8, 4) is 0 Å². The first-order valence-electron chi connectivity index (χ1n) is 9.98. The van der Waals surface area contributed by atoms with Crippen LogP contribution in [0.2, 0.25) is 5.02 Å². The van der Waals surface area contributed by atoms with E-state index in [4.69, 9.17) is 11.6 Å². The monoisotopic (exact) mass is 464 g/mol. The molecule has 0 heterocycles. The van der Waals surface area contributed by atoms with Crippen LogP contribution in [0.5, 0.6) is 0 Å². The molecule has 0 radical (unpaired) electrons. The molecule has 1 amide bonds. The van der Waals surface area contributed by atoms with Crippen LogP contribution in [-0.4, -0.2) is 14.3 Å². The molecule has 4 aromatic rings. The molecule has 7 heteroatoms. The van der Waals surface area contributed by atoms with Crippen LogP contribution in [0.3, 0.4) is 0 Å². The van der Waals surface area contributed by atoms with Gasteiger partial charge in [-0.1, -0.05) is 72.3 Å². The molecule has 162 valence electrons. The van der Waals surface area contributed by atoms with E-state index in [1.165, 1.54) is 18.2 Å². The van der Waals surface area contributed by atoms with Crippen LogP contribution < -0.4 is 10.0 Å². The van der Waals surface area contributed by atoms with Gasteiger partial charge in [0.15, 0.2) is 0 Å². The van der Waals surface area contributed by atoms with Gasteiger partial charge in [0.1, 0.15) is 4.90 Å². The van der Waals surface area contributed by atoms with Crippen LogP contribution >= 0.6 is 11.6 Å². The summed E-state index contributed by atoms with van der Waals surface area (Å²) in [6.45, 7) is 2.11. The minimum absolute atomic E-state index is 0.0386. The summed E-state index contributed by atoms with van der Waals surface area (Å²) >= 11 is 6.18. The number of rotatable bonds is 6. The second-order valence-electron chi connectivity index (χ2n) is 7.39. The standard InChI is InChI=1S/C25H21ClN2O3S/c1-17-7-2-5-12-23(17)28-32(30,31)24-15-19(13-14-22(24)26)25(29)27-16-20-10-6-9-18-8-3-4-11-21(18)20/h2-15,28H,16H2,1H3,(H,27,29). The zero-order valence-corrected chi connectivity index (χ0v) is 18.9. The van der Waals surface area contributed by atoms with Crippen molar-refractivity contribution in [2.45, 2.75) is 18.4 Å². The van der Waals surface area contributed by atoms with E-state index in [0.29, 0.717) is 12.2 Å². The summed E-state index contributed by atoms with van der Waals surface area (Å²) in [5.41, 5.74) is 2.41. The number of para-hydroxylation sites is 1. The first-order valence-corrected chi connectivity index (χ1v) is 11.8. The summed E-state index contributed by atoms with van der Waals surface area (Å²) in [6, 6.07) is 25.1. The second kappa shape index (κ2) is 9.02. The van der Waals surface area contributed by atoms with Gasteiger partial charge in [0.2, 0.25) is 0 Å². The Bertz CT molecular complexity index is 1410. The number of halogens is 1. The van der Waals surface area contributed by atoms with Gasteiger partial charge in [0.05, 0.1) is 10.7 Å². The Labute approximate surface area is 192 Å². The summed E-state index contributed by atoms with van der Waals surface area (Å²) < 4.78 is 28.4. The molecule has 0 aromatic heterocycles. The van der Waals surface area contributed by atoms with Crippen molar-refractivity contribution in [1.82, 2.24) is 5.32 Å². The quantitative estimate of drug-likeness (QED) is 0.393. The van der Waals surface area contributed by atoms with Gasteiger partial charge in [-0.05, 0) is 53.1 Å². The molecule has 32 heavy (non-hydrogen) atoms. The maximum Gasteiger partial charge on any atom is 0.263 e. The predicted molar refractivity (Wildman–Crippen MR) is 129 cm³/mol. The molecule has 5 nitrogen and oxygen atoms in total. The van der Waals surface area contributed by atoms with Gasteiger partial charge in [-0.15, -0.1) is 0 Å². The molecular weight excluding hydrogens is 444 g/mol. The minimum Gasteiger partial charge on any atom is -0.348 e. The number of sulfonamides is 1. The van der Waals surface area contributed by atoms with Crippen molar-refractivity contribution in [2.24, 2.45) is 0 Å². The van der Waals surface area contributed by atoms with Crippen molar-refractivity contribution in [3.05, 3.63) is 107 Å². The van der Waals surface area contributed by atoms with Crippen molar-refractivity contribution >= 4 is 44.0 Å². The minimum atomic E-state index is -3.98. The zero-order chi connectivity index (χ0) is 22.7. The van der Waals surface area contributed by atoms with Crippen molar-refractivity contribution in [1.29, 1.82) is 0 Å². The molecule has 0 aliphatic carbocycles. The van der Waals surface area contributed by atoms with Gasteiger partial charge in [0, 0.05) is 12.1 Å². The fourth-order valence-corrected chi connectivity index (χ4v) is 5.12. The number of fused-ring (bicyclic) bond motifs is 1. The maximum absolute atomic E-state index is 12.9. The third-order valence-corrected chi connectivity index (χ3v) is 7.04. The zero-order valence-electron chi connectivity index (χ0n) is 17.3. The number of nitrogens with one attached hydrogen (secondary N) is 2. The number of carbonyl (C=O) groups excluding carboxylic acids is 1. The van der Waals surface area contributed by atoms with Crippen LogP contribution in [0.25, 0.3) is 10.8 Å². The van der Waals surface area contributed by atoms with Gasteiger partial charge >= 0.3 is 0 Å². The lowest BCUT2D eigenvalue weighted by Gasteiger charge is -2.13. The lowest BCUT2D eigenvalue weighted by molar-refractivity contribution is 0.0951. The molecule has 2 N–H and O–H groups in total. The van der Waals surface area contributed by atoms with Crippen molar-refractivity contribution < 1.29 is 13.2 Å². The highest BCUT2D eigenvalue weighted by atomic mass is 35.5. The Balaban J connectivity index is 1.56. The fourth-order valence-electron chi connectivity index (χ4n) is 3.46. The summed E-state index contributed by atoms with van der Waals surface area (Å²) in [6.07, 6.45) is 0. The number of amides is 1. The SMILES string of the molecule is Cc1ccccc1NS(=O)(=O)c1cc(C(=O)NCc2cccc3ccccc23)ccc1Cl. The maximum atomic E-state index is 12.9. The first-order chi connectivity index (χ1) is 15.3. The Morgan fingerprint density at radius 3 is 2.44 bits per heavy atom. The summed E-state index contributed by atoms with van der Waals surface area (Å²) in [5, 5.41) is 5.04. The van der Waals surface area contributed by atoms with Gasteiger partial charge in [-0.2, -0.15) is 0 Å². The number of carbonyl (C=O) groups is 1.